The molecule has 0 radical (unpaired) electrons. The van der Waals surface area contributed by atoms with Crippen LogP contribution in [-0.2, 0) is 6.18 Å². The molecule has 0 aliphatic rings. The van der Waals surface area contributed by atoms with Crippen LogP contribution in [-0.4, -0.2) is 10.1 Å². The molecular formula is C14H12F3NO. The third-order valence-electron chi connectivity index (χ3n) is 2.89. The predicted octanol–water partition coefficient (Wildman–Crippen LogP) is 3.49. The van der Waals surface area contributed by atoms with Crippen LogP contribution in [0.2, 0.25) is 0 Å². The van der Waals surface area contributed by atoms with Crippen LogP contribution in [0.4, 0.5) is 13.2 Å². The minimum atomic E-state index is -4.41. The molecule has 19 heavy (non-hydrogen) atoms. The number of benzene rings is 1. The van der Waals surface area contributed by atoms with Crippen molar-refractivity contribution in [1.82, 2.24) is 4.98 Å². The van der Waals surface area contributed by atoms with Crippen molar-refractivity contribution >= 4 is 0 Å². The number of pyridine rings is 1. The summed E-state index contributed by atoms with van der Waals surface area (Å²) in [7, 11) is 0. The van der Waals surface area contributed by atoms with Gasteiger partial charge in [-0.25, -0.2) is 0 Å². The minimum Gasteiger partial charge on any atom is -0.384 e. The molecule has 0 bridgehead atoms. The lowest BCUT2D eigenvalue weighted by Crippen LogP contribution is -2.08. The molecular weight excluding hydrogens is 255 g/mol. The van der Waals surface area contributed by atoms with Crippen LogP contribution in [0.25, 0.3) is 0 Å². The molecule has 0 fully saturated rings. The Kier molecular flexibility index (Phi) is 3.57. The van der Waals surface area contributed by atoms with E-state index in [1.54, 1.807) is 19.2 Å². The molecule has 0 saturated heterocycles. The number of nitrogens with zero attached hydrogens (tertiary/aromatic N) is 1. The molecule has 2 aromatic rings. The number of rotatable bonds is 2. The number of aliphatic hydroxyl groups excluding tert-OH is 1. The highest BCUT2D eigenvalue weighted by Crippen LogP contribution is 2.32. The fraction of sp³-hybridized carbons (Fsp3) is 0.214. The third-order valence-corrected chi connectivity index (χ3v) is 2.89. The zero-order valence-corrected chi connectivity index (χ0v) is 10.1. The summed E-state index contributed by atoms with van der Waals surface area (Å²) >= 11 is 0. The van der Waals surface area contributed by atoms with Gasteiger partial charge in [-0.15, -0.1) is 0 Å². The van der Waals surface area contributed by atoms with Crippen LogP contribution >= 0.6 is 0 Å². The maximum absolute atomic E-state index is 12.6. The van der Waals surface area contributed by atoms with Crippen molar-refractivity contribution in [2.24, 2.45) is 0 Å². The number of halogens is 3. The summed E-state index contributed by atoms with van der Waals surface area (Å²) in [6, 6.07) is 6.30. The van der Waals surface area contributed by atoms with Crippen LogP contribution in [0.5, 0.6) is 0 Å². The molecule has 2 nitrogen and oxygen atoms in total. The van der Waals surface area contributed by atoms with Crippen molar-refractivity contribution in [2.75, 3.05) is 0 Å². The number of aryl methyl sites for hydroxylation is 1. The molecule has 1 N–H and O–H groups in total. The second-order valence-electron chi connectivity index (χ2n) is 4.26. The smallest absolute Gasteiger partial charge is 0.384 e. The van der Waals surface area contributed by atoms with Gasteiger partial charge in [0, 0.05) is 12.4 Å². The Morgan fingerprint density at radius 2 is 1.95 bits per heavy atom. The number of aromatic nitrogens is 1. The number of alkyl halides is 3. The zero-order chi connectivity index (χ0) is 14.0. The van der Waals surface area contributed by atoms with Gasteiger partial charge in [0.25, 0.3) is 0 Å². The van der Waals surface area contributed by atoms with Crippen LogP contribution in [0.3, 0.4) is 0 Å². The van der Waals surface area contributed by atoms with Crippen LogP contribution in [0.15, 0.2) is 42.7 Å². The van der Waals surface area contributed by atoms with E-state index in [4.69, 9.17) is 0 Å². The van der Waals surface area contributed by atoms with Crippen LogP contribution < -0.4 is 0 Å². The van der Waals surface area contributed by atoms with Gasteiger partial charge >= 0.3 is 6.18 Å². The molecule has 1 unspecified atom stereocenters. The highest BCUT2D eigenvalue weighted by Gasteiger charge is 2.31. The highest BCUT2D eigenvalue weighted by molar-refractivity contribution is 5.35. The molecule has 1 atom stereocenters. The number of hydrogen-bond acceptors (Lipinski definition) is 2. The van der Waals surface area contributed by atoms with Gasteiger partial charge in [-0.3, -0.25) is 4.98 Å². The summed E-state index contributed by atoms with van der Waals surface area (Å²) in [6.45, 7) is 1.75. The van der Waals surface area contributed by atoms with Gasteiger partial charge in [0.15, 0.2) is 0 Å². The van der Waals surface area contributed by atoms with Gasteiger partial charge in [-0.05, 0) is 41.8 Å². The highest BCUT2D eigenvalue weighted by atomic mass is 19.4. The molecule has 1 heterocycles. The summed E-state index contributed by atoms with van der Waals surface area (Å²) in [5.41, 5.74) is 0.724. The average molecular weight is 267 g/mol. The molecule has 100 valence electrons. The molecule has 0 saturated carbocycles. The van der Waals surface area contributed by atoms with E-state index in [1.807, 2.05) is 0 Å². The van der Waals surface area contributed by atoms with E-state index in [9.17, 15) is 18.3 Å². The topological polar surface area (TPSA) is 33.1 Å². The van der Waals surface area contributed by atoms with E-state index in [0.29, 0.717) is 5.56 Å². The first-order valence-electron chi connectivity index (χ1n) is 5.65. The average Bonchev–Trinajstić information content (AvgIpc) is 2.38. The van der Waals surface area contributed by atoms with E-state index in [-0.39, 0.29) is 5.56 Å². The van der Waals surface area contributed by atoms with Crippen molar-refractivity contribution in [2.45, 2.75) is 19.2 Å². The lowest BCUT2D eigenvalue weighted by Gasteiger charge is -2.15. The molecule has 1 aromatic heterocycles. The Morgan fingerprint density at radius 3 is 2.58 bits per heavy atom. The molecule has 0 amide bonds. The first-order chi connectivity index (χ1) is 8.89. The van der Waals surface area contributed by atoms with Crippen molar-refractivity contribution < 1.29 is 18.3 Å². The van der Waals surface area contributed by atoms with Gasteiger partial charge in [0.05, 0.1) is 5.56 Å². The summed E-state index contributed by atoms with van der Waals surface area (Å²) in [5.74, 6) is 0. The van der Waals surface area contributed by atoms with E-state index in [1.165, 1.54) is 18.3 Å². The van der Waals surface area contributed by atoms with Crippen LogP contribution in [0, 0.1) is 6.92 Å². The first kappa shape index (κ1) is 13.5. The van der Waals surface area contributed by atoms with E-state index < -0.39 is 17.8 Å². The van der Waals surface area contributed by atoms with Gasteiger partial charge in [0.1, 0.15) is 6.10 Å². The normalized spacial score (nSPS) is 13.3. The minimum absolute atomic E-state index is 0.212. The number of hydrogen-bond donors (Lipinski definition) is 1. The predicted molar refractivity (Wildman–Crippen MR) is 64.5 cm³/mol. The SMILES string of the molecule is Cc1cnccc1C(O)c1cccc(C(F)(F)F)c1. The maximum atomic E-state index is 12.6. The maximum Gasteiger partial charge on any atom is 0.416 e. The summed E-state index contributed by atoms with van der Waals surface area (Å²) < 4.78 is 37.9. The molecule has 0 aliphatic carbocycles. The van der Waals surface area contributed by atoms with E-state index in [0.717, 1.165) is 17.7 Å². The molecule has 2 rings (SSSR count). The molecule has 0 aliphatic heterocycles. The second kappa shape index (κ2) is 5.01. The first-order valence-corrected chi connectivity index (χ1v) is 5.65. The largest absolute Gasteiger partial charge is 0.416 e. The standard InChI is InChI=1S/C14H12F3NO/c1-9-8-18-6-5-12(9)13(19)10-3-2-4-11(7-10)14(15,16)17/h2-8,13,19H,1H3. The van der Waals surface area contributed by atoms with Crippen molar-refractivity contribution in [3.8, 4) is 0 Å². The number of aliphatic hydroxyl groups is 1. The van der Waals surface area contributed by atoms with Gasteiger partial charge in [-0.2, -0.15) is 13.2 Å². The molecule has 1 aromatic carbocycles. The van der Waals surface area contributed by atoms with E-state index >= 15 is 0 Å². The van der Waals surface area contributed by atoms with Gasteiger partial charge in [-0.1, -0.05) is 12.1 Å². The van der Waals surface area contributed by atoms with E-state index in [2.05, 4.69) is 4.98 Å². The van der Waals surface area contributed by atoms with Crippen LogP contribution in [0.1, 0.15) is 28.4 Å². The fourth-order valence-corrected chi connectivity index (χ4v) is 1.86. The molecule has 5 heteroatoms. The lowest BCUT2D eigenvalue weighted by atomic mass is 9.97. The summed E-state index contributed by atoms with van der Waals surface area (Å²) in [5, 5.41) is 10.2. The Balaban J connectivity index is 2.40. The summed E-state index contributed by atoms with van der Waals surface area (Å²) in [4.78, 5) is 3.89. The fourth-order valence-electron chi connectivity index (χ4n) is 1.86. The Hall–Kier alpha value is -1.88. The summed E-state index contributed by atoms with van der Waals surface area (Å²) in [6.07, 6.45) is -2.45. The zero-order valence-electron chi connectivity index (χ0n) is 10.1. The van der Waals surface area contributed by atoms with Crippen molar-refractivity contribution in [3.05, 3.63) is 65.0 Å². The van der Waals surface area contributed by atoms with Gasteiger partial charge < -0.3 is 5.11 Å². The Labute approximate surface area is 108 Å². The Bertz CT molecular complexity index is 581. The second-order valence-corrected chi connectivity index (χ2v) is 4.26. The van der Waals surface area contributed by atoms with Crippen molar-refractivity contribution in [1.29, 1.82) is 0 Å². The van der Waals surface area contributed by atoms with Gasteiger partial charge in [0.2, 0.25) is 0 Å². The quantitative estimate of drug-likeness (QED) is 0.903. The third kappa shape index (κ3) is 2.93. The lowest BCUT2D eigenvalue weighted by molar-refractivity contribution is -0.137. The molecule has 0 spiro atoms. The van der Waals surface area contributed by atoms with Crippen molar-refractivity contribution in [3.63, 3.8) is 0 Å². The Morgan fingerprint density at radius 1 is 1.21 bits per heavy atom. The monoisotopic (exact) mass is 267 g/mol.